The molecule has 0 aromatic heterocycles. The van der Waals surface area contributed by atoms with Crippen LogP contribution in [0.15, 0.2) is 29.3 Å². The number of hydrogen-bond acceptors (Lipinski definition) is 1. The van der Waals surface area contributed by atoms with Crippen LogP contribution >= 0.6 is 15.9 Å². The molecule has 1 aromatic rings. The largest absolute Gasteiger partial charge is 0.478 e. The van der Waals surface area contributed by atoms with Gasteiger partial charge in [0, 0.05) is 4.47 Å². The highest BCUT2D eigenvalue weighted by Crippen LogP contribution is 2.20. The lowest BCUT2D eigenvalue weighted by Gasteiger charge is -2.01. The van der Waals surface area contributed by atoms with Crippen molar-refractivity contribution in [3.63, 3.8) is 0 Å². The molecule has 2 nitrogen and oxygen atoms in total. The molecule has 0 fully saturated rings. The summed E-state index contributed by atoms with van der Waals surface area (Å²) in [5, 5.41) is 8.58. The lowest BCUT2D eigenvalue weighted by molar-refractivity contribution is -0.130. The highest BCUT2D eigenvalue weighted by atomic mass is 79.9. The molecule has 0 radical (unpaired) electrons. The molecule has 0 bridgehead atoms. The first-order valence-corrected chi connectivity index (χ1v) is 4.18. The van der Waals surface area contributed by atoms with Crippen molar-refractivity contribution in [1.82, 2.24) is 0 Å². The van der Waals surface area contributed by atoms with Crippen molar-refractivity contribution in [2.75, 3.05) is 0 Å². The molecule has 68 valence electrons. The Bertz CT molecular complexity index is 354. The van der Waals surface area contributed by atoms with E-state index in [1.165, 1.54) is 12.1 Å². The van der Waals surface area contributed by atoms with E-state index in [9.17, 15) is 9.18 Å². The summed E-state index contributed by atoms with van der Waals surface area (Å²) in [5.41, 5.74) is 0.138. The second-order valence-electron chi connectivity index (χ2n) is 2.44. The van der Waals surface area contributed by atoms with Crippen LogP contribution in [0, 0.1) is 5.82 Å². The summed E-state index contributed by atoms with van der Waals surface area (Å²) in [7, 11) is 0. The fraction of sp³-hybridized carbons (Fsp3) is 0. The predicted octanol–water partition coefficient (Wildman–Crippen LogP) is 2.69. The maximum atomic E-state index is 12.8. The molecule has 0 unspecified atom stereocenters. The summed E-state index contributed by atoms with van der Waals surface area (Å²) in [6.45, 7) is 3.32. The molecule has 0 saturated heterocycles. The summed E-state index contributed by atoms with van der Waals surface area (Å²) >= 11 is 3.06. The third kappa shape index (κ3) is 2.39. The van der Waals surface area contributed by atoms with Gasteiger partial charge in [-0.05, 0) is 23.8 Å². The van der Waals surface area contributed by atoms with Gasteiger partial charge < -0.3 is 5.11 Å². The Labute approximate surface area is 82.8 Å². The van der Waals surface area contributed by atoms with Crippen molar-refractivity contribution in [1.29, 1.82) is 0 Å². The van der Waals surface area contributed by atoms with Gasteiger partial charge in [-0.3, -0.25) is 0 Å². The van der Waals surface area contributed by atoms with E-state index in [4.69, 9.17) is 5.11 Å². The number of carboxylic acids is 1. The molecule has 1 rings (SSSR count). The number of halogens is 2. The molecule has 1 aromatic carbocycles. The molecule has 0 aliphatic heterocycles. The molecule has 13 heavy (non-hydrogen) atoms. The van der Waals surface area contributed by atoms with Crippen LogP contribution in [-0.2, 0) is 4.79 Å². The van der Waals surface area contributed by atoms with E-state index >= 15 is 0 Å². The van der Waals surface area contributed by atoms with Gasteiger partial charge >= 0.3 is 5.97 Å². The van der Waals surface area contributed by atoms with Crippen LogP contribution in [0.2, 0.25) is 0 Å². The van der Waals surface area contributed by atoms with Crippen molar-refractivity contribution in [2.24, 2.45) is 0 Å². The van der Waals surface area contributed by atoms with Gasteiger partial charge in [0.15, 0.2) is 0 Å². The second-order valence-corrected chi connectivity index (χ2v) is 3.36. The summed E-state index contributed by atoms with van der Waals surface area (Å²) in [5.74, 6) is -1.65. The van der Waals surface area contributed by atoms with E-state index in [0.29, 0.717) is 4.47 Å². The maximum Gasteiger partial charge on any atom is 0.335 e. The second kappa shape index (κ2) is 3.70. The lowest BCUT2D eigenvalue weighted by Crippen LogP contribution is -1.98. The number of carbonyl (C=O) groups is 1. The standard InChI is InChI=1S/C9H6BrFO2/c1-5(9(12)13)6-2-7(10)4-8(11)3-6/h2-4H,1H2,(H,12,13). The Morgan fingerprint density at radius 3 is 2.54 bits per heavy atom. The zero-order valence-corrected chi connectivity index (χ0v) is 8.14. The van der Waals surface area contributed by atoms with Crippen LogP contribution in [0.1, 0.15) is 5.56 Å². The minimum atomic E-state index is -1.16. The molecule has 0 aliphatic rings. The van der Waals surface area contributed by atoms with Gasteiger partial charge in [0.1, 0.15) is 5.82 Å². The fourth-order valence-electron chi connectivity index (χ4n) is 0.852. The van der Waals surface area contributed by atoms with E-state index in [-0.39, 0.29) is 11.1 Å². The SMILES string of the molecule is C=C(C(=O)O)c1cc(F)cc(Br)c1. The normalized spacial score (nSPS) is 9.69. The summed E-state index contributed by atoms with van der Waals surface area (Å²) < 4.78 is 13.3. The fourth-order valence-corrected chi connectivity index (χ4v) is 1.32. The molecule has 0 atom stereocenters. The smallest absolute Gasteiger partial charge is 0.335 e. The van der Waals surface area contributed by atoms with Gasteiger partial charge in [0.25, 0.3) is 0 Å². The van der Waals surface area contributed by atoms with Crippen LogP contribution < -0.4 is 0 Å². The minimum absolute atomic E-state index is 0.125. The zero-order chi connectivity index (χ0) is 10.0. The molecule has 1 N–H and O–H groups in total. The van der Waals surface area contributed by atoms with Gasteiger partial charge in [-0.1, -0.05) is 22.5 Å². The molecule has 0 saturated carbocycles. The first kappa shape index (κ1) is 9.92. The van der Waals surface area contributed by atoms with E-state index < -0.39 is 11.8 Å². The minimum Gasteiger partial charge on any atom is -0.478 e. The molecule has 0 aliphatic carbocycles. The van der Waals surface area contributed by atoms with Crippen molar-refractivity contribution >= 4 is 27.5 Å². The van der Waals surface area contributed by atoms with Gasteiger partial charge in [-0.15, -0.1) is 0 Å². The van der Waals surface area contributed by atoms with Crippen molar-refractivity contribution in [3.05, 3.63) is 40.6 Å². The van der Waals surface area contributed by atoms with E-state index in [0.717, 1.165) is 6.07 Å². The van der Waals surface area contributed by atoms with Gasteiger partial charge in [0.05, 0.1) is 5.57 Å². The Morgan fingerprint density at radius 1 is 1.46 bits per heavy atom. The lowest BCUT2D eigenvalue weighted by atomic mass is 10.1. The van der Waals surface area contributed by atoms with Crippen LogP contribution in [0.5, 0.6) is 0 Å². The third-order valence-electron chi connectivity index (χ3n) is 1.47. The molecule has 0 amide bonds. The van der Waals surface area contributed by atoms with E-state index in [1.807, 2.05) is 0 Å². The van der Waals surface area contributed by atoms with Crippen molar-refractivity contribution < 1.29 is 14.3 Å². The van der Waals surface area contributed by atoms with Gasteiger partial charge in [0.2, 0.25) is 0 Å². The molecular formula is C9H6BrFO2. The quantitative estimate of drug-likeness (QED) is 0.813. The highest BCUT2D eigenvalue weighted by Gasteiger charge is 2.08. The Morgan fingerprint density at radius 2 is 2.08 bits per heavy atom. The first-order chi connectivity index (χ1) is 6.00. The predicted molar refractivity (Wildman–Crippen MR) is 50.8 cm³/mol. The van der Waals surface area contributed by atoms with Crippen LogP contribution in [0.3, 0.4) is 0 Å². The first-order valence-electron chi connectivity index (χ1n) is 3.39. The Hall–Kier alpha value is -1.16. The topological polar surface area (TPSA) is 37.3 Å². The summed E-state index contributed by atoms with van der Waals surface area (Å²) in [6.07, 6.45) is 0. The van der Waals surface area contributed by atoms with Crippen LogP contribution in [0.4, 0.5) is 4.39 Å². The Kier molecular flexibility index (Phi) is 2.83. The molecule has 0 spiro atoms. The van der Waals surface area contributed by atoms with Gasteiger partial charge in [-0.25, -0.2) is 9.18 Å². The zero-order valence-electron chi connectivity index (χ0n) is 6.55. The average Bonchev–Trinajstić information content (AvgIpc) is 2.01. The molecule has 0 heterocycles. The molecule has 4 heteroatoms. The average molecular weight is 245 g/mol. The Balaban J connectivity index is 3.15. The number of aliphatic carboxylic acids is 1. The number of benzene rings is 1. The molecular weight excluding hydrogens is 239 g/mol. The van der Waals surface area contributed by atoms with Crippen LogP contribution in [-0.4, -0.2) is 11.1 Å². The maximum absolute atomic E-state index is 12.8. The number of carboxylic acid groups (broad SMARTS) is 1. The monoisotopic (exact) mass is 244 g/mol. The van der Waals surface area contributed by atoms with Crippen molar-refractivity contribution in [2.45, 2.75) is 0 Å². The summed E-state index contributed by atoms with van der Waals surface area (Å²) in [6, 6.07) is 3.87. The highest BCUT2D eigenvalue weighted by molar-refractivity contribution is 9.10. The number of hydrogen-bond donors (Lipinski definition) is 1. The van der Waals surface area contributed by atoms with E-state index in [2.05, 4.69) is 22.5 Å². The van der Waals surface area contributed by atoms with Crippen molar-refractivity contribution in [3.8, 4) is 0 Å². The van der Waals surface area contributed by atoms with Gasteiger partial charge in [-0.2, -0.15) is 0 Å². The third-order valence-corrected chi connectivity index (χ3v) is 1.93. The summed E-state index contributed by atoms with van der Waals surface area (Å²) in [4.78, 5) is 10.5. The van der Waals surface area contributed by atoms with Crippen LogP contribution in [0.25, 0.3) is 5.57 Å². The van der Waals surface area contributed by atoms with E-state index in [1.54, 1.807) is 0 Å². The number of rotatable bonds is 2.